The molecule has 10 nitrogen and oxygen atoms in total. The van der Waals surface area contributed by atoms with Gasteiger partial charge >= 0.3 is 0 Å². The lowest BCUT2D eigenvalue weighted by Crippen LogP contribution is -2.51. The van der Waals surface area contributed by atoms with Crippen molar-refractivity contribution in [2.75, 3.05) is 20.3 Å². The zero-order valence-electron chi connectivity index (χ0n) is 22.8. The van der Waals surface area contributed by atoms with Gasteiger partial charge in [-0.1, -0.05) is 6.07 Å². The molecule has 5 rings (SSSR count). The van der Waals surface area contributed by atoms with Crippen LogP contribution in [0.4, 0.5) is 13.2 Å². The molecule has 2 saturated heterocycles. The number of aromatic amines is 1. The fourth-order valence-electron chi connectivity index (χ4n) is 5.62. The Hall–Kier alpha value is -4.55. The molecule has 2 aliphatic rings. The number of aromatic nitrogens is 1. The molecule has 1 aromatic heterocycles. The number of H-pyrrole nitrogens is 1. The molecule has 222 valence electrons. The molecule has 13 heteroatoms. The summed E-state index contributed by atoms with van der Waals surface area (Å²) < 4.78 is 52.2. The summed E-state index contributed by atoms with van der Waals surface area (Å²) in [5.41, 5.74) is 0.870. The van der Waals surface area contributed by atoms with E-state index in [1.165, 1.54) is 12.0 Å². The number of ether oxygens (including phenoxy) is 2. The Bertz CT molecular complexity index is 1560. The number of amides is 3. The highest BCUT2D eigenvalue weighted by molar-refractivity contribution is 6.02. The van der Waals surface area contributed by atoms with Crippen molar-refractivity contribution in [2.45, 2.75) is 44.3 Å². The number of ketones is 1. The van der Waals surface area contributed by atoms with Crippen molar-refractivity contribution in [3.05, 3.63) is 59.5 Å². The van der Waals surface area contributed by atoms with Gasteiger partial charge in [-0.2, -0.15) is 4.39 Å². The maximum atomic E-state index is 14.1. The van der Waals surface area contributed by atoms with Crippen molar-refractivity contribution in [3.8, 4) is 11.5 Å². The Kier molecular flexibility index (Phi) is 8.10. The third-order valence-corrected chi connectivity index (χ3v) is 7.74. The summed E-state index contributed by atoms with van der Waals surface area (Å²) in [6.45, 7) is 1.22. The molecule has 3 N–H and O–H groups in total. The molecule has 2 aliphatic heterocycles. The minimum absolute atomic E-state index is 0.0549. The molecule has 0 spiro atoms. The SMILES string of the molecule is COc1cccc2[nH]c(C(=O)NC3CC(C)N(C(CC4CCNC4=O)C(=O)COc4c(F)ccc(F)c4F)C3=O)cc12. The maximum Gasteiger partial charge on any atom is 0.268 e. The highest BCUT2D eigenvalue weighted by Crippen LogP contribution is 2.30. The molecule has 42 heavy (non-hydrogen) atoms. The van der Waals surface area contributed by atoms with E-state index in [1.807, 2.05) is 0 Å². The van der Waals surface area contributed by atoms with Crippen LogP contribution in [0.3, 0.4) is 0 Å². The van der Waals surface area contributed by atoms with E-state index in [1.54, 1.807) is 31.2 Å². The lowest BCUT2D eigenvalue weighted by Gasteiger charge is -2.32. The van der Waals surface area contributed by atoms with Crippen LogP contribution in [0.1, 0.15) is 36.7 Å². The number of carbonyl (C=O) groups excluding carboxylic acids is 4. The number of benzene rings is 2. The van der Waals surface area contributed by atoms with Crippen molar-refractivity contribution in [1.82, 2.24) is 20.5 Å². The van der Waals surface area contributed by atoms with E-state index in [0.29, 0.717) is 41.8 Å². The van der Waals surface area contributed by atoms with Crippen LogP contribution >= 0.6 is 0 Å². The summed E-state index contributed by atoms with van der Waals surface area (Å²) in [6, 6.07) is 5.45. The van der Waals surface area contributed by atoms with Gasteiger partial charge in [0, 0.05) is 29.4 Å². The summed E-state index contributed by atoms with van der Waals surface area (Å²) in [6.07, 6.45) is 0.542. The van der Waals surface area contributed by atoms with Crippen LogP contribution in [-0.4, -0.2) is 71.8 Å². The summed E-state index contributed by atoms with van der Waals surface area (Å²) in [7, 11) is 1.51. The molecule has 0 bridgehead atoms. The number of hydrogen-bond donors (Lipinski definition) is 3. The first-order valence-corrected chi connectivity index (χ1v) is 13.4. The Morgan fingerprint density at radius 1 is 1.14 bits per heavy atom. The predicted octanol–water partition coefficient (Wildman–Crippen LogP) is 2.86. The van der Waals surface area contributed by atoms with Gasteiger partial charge in [0.05, 0.1) is 13.2 Å². The average molecular weight is 587 g/mol. The van der Waals surface area contributed by atoms with Gasteiger partial charge in [0.15, 0.2) is 23.2 Å². The molecule has 0 aliphatic carbocycles. The minimum atomic E-state index is -1.59. The first kappa shape index (κ1) is 29.0. The molecular formula is C29H29F3N4O6. The molecular weight excluding hydrogens is 557 g/mol. The standard InChI is InChI=1S/C29H29F3N4O6/c1-14-10-21(35-28(39)20-12-16-19(34-20)4-3-5-24(16)41-2)29(40)36(14)22(11-15-8-9-33-27(15)38)23(37)13-42-26-18(31)7-6-17(30)25(26)32/h3-7,12,14-15,21-22,34H,8-11,13H2,1-2H3,(H,33,38)(H,35,39). The van der Waals surface area contributed by atoms with E-state index in [-0.39, 0.29) is 24.4 Å². The highest BCUT2D eigenvalue weighted by Gasteiger charge is 2.45. The zero-order chi connectivity index (χ0) is 30.1. The van der Waals surface area contributed by atoms with Crippen LogP contribution < -0.4 is 20.1 Å². The molecule has 2 fully saturated rings. The summed E-state index contributed by atoms with van der Waals surface area (Å²) >= 11 is 0. The average Bonchev–Trinajstić information content (AvgIpc) is 3.66. The van der Waals surface area contributed by atoms with Gasteiger partial charge in [0.2, 0.25) is 17.6 Å². The first-order valence-electron chi connectivity index (χ1n) is 13.4. The van der Waals surface area contributed by atoms with Gasteiger partial charge < -0.3 is 30.0 Å². The predicted molar refractivity (Wildman–Crippen MR) is 143 cm³/mol. The number of rotatable bonds is 10. The van der Waals surface area contributed by atoms with Gasteiger partial charge in [0.1, 0.15) is 24.1 Å². The molecule has 0 radical (unpaired) electrons. The monoisotopic (exact) mass is 586 g/mol. The van der Waals surface area contributed by atoms with E-state index in [0.717, 1.165) is 0 Å². The van der Waals surface area contributed by atoms with E-state index >= 15 is 0 Å². The number of hydrogen-bond acceptors (Lipinski definition) is 6. The van der Waals surface area contributed by atoms with Crippen LogP contribution in [0, 0.1) is 23.4 Å². The number of fused-ring (bicyclic) bond motifs is 1. The number of nitrogens with zero attached hydrogens (tertiary/aromatic N) is 1. The number of methoxy groups -OCH3 is 1. The third-order valence-electron chi connectivity index (χ3n) is 7.74. The van der Waals surface area contributed by atoms with Gasteiger partial charge in [-0.15, -0.1) is 0 Å². The Morgan fingerprint density at radius 3 is 2.62 bits per heavy atom. The lowest BCUT2D eigenvalue weighted by atomic mass is 9.94. The molecule has 3 aromatic rings. The van der Waals surface area contributed by atoms with Gasteiger partial charge in [-0.05, 0) is 56.5 Å². The summed E-state index contributed by atoms with van der Waals surface area (Å²) in [4.78, 5) is 56.7. The summed E-state index contributed by atoms with van der Waals surface area (Å²) in [5.74, 6) is -7.32. The topological polar surface area (TPSA) is 130 Å². The fourth-order valence-corrected chi connectivity index (χ4v) is 5.62. The molecule has 2 aromatic carbocycles. The zero-order valence-corrected chi connectivity index (χ0v) is 22.8. The maximum absolute atomic E-state index is 14.1. The van der Waals surface area contributed by atoms with Crippen LogP contribution in [0.15, 0.2) is 36.4 Å². The fraction of sp³-hybridized carbons (Fsp3) is 0.379. The van der Waals surface area contributed by atoms with E-state index in [2.05, 4.69) is 15.6 Å². The Balaban J connectivity index is 1.34. The van der Waals surface area contributed by atoms with Crippen LogP contribution in [-0.2, 0) is 14.4 Å². The second-order valence-electron chi connectivity index (χ2n) is 10.4. The van der Waals surface area contributed by atoms with Gasteiger partial charge in [-0.3, -0.25) is 19.2 Å². The van der Waals surface area contributed by atoms with E-state index < -0.39 is 71.4 Å². The second kappa shape index (κ2) is 11.7. The number of likely N-dealkylation sites (tertiary alicyclic amines) is 1. The van der Waals surface area contributed by atoms with Crippen LogP contribution in [0.5, 0.6) is 11.5 Å². The van der Waals surface area contributed by atoms with Crippen molar-refractivity contribution in [3.63, 3.8) is 0 Å². The minimum Gasteiger partial charge on any atom is -0.496 e. The van der Waals surface area contributed by atoms with Gasteiger partial charge in [-0.25, -0.2) is 8.78 Å². The number of halogens is 3. The smallest absolute Gasteiger partial charge is 0.268 e. The molecule has 3 amide bonds. The van der Waals surface area contributed by atoms with Crippen LogP contribution in [0.25, 0.3) is 10.9 Å². The number of carbonyl (C=O) groups is 4. The van der Waals surface area contributed by atoms with Crippen molar-refractivity contribution < 1.29 is 41.8 Å². The van der Waals surface area contributed by atoms with Gasteiger partial charge in [0.25, 0.3) is 5.91 Å². The van der Waals surface area contributed by atoms with Crippen molar-refractivity contribution in [2.24, 2.45) is 5.92 Å². The molecule has 3 heterocycles. The number of nitrogens with one attached hydrogen (secondary N) is 3. The van der Waals surface area contributed by atoms with Crippen LogP contribution in [0.2, 0.25) is 0 Å². The summed E-state index contributed by atoms with van der Waals surface area (Å²) in [5, 5.41) is 6.08. The van der Waals surface area contributed by atoms with Crippen molar-refractivity contribution in [1.29, 1.82) is 0 Å². The van der Waals surface area contributed by atoms with E-state index in [4.69, 9.17) is 9.47 Å². The first-order chi connectivity index (χ1) is 20.1. The highest BCUT2D eigenvalue weighted by atomic mass is 19.2. The van der Waals surface area contributed by atoms with E-state index in [9.17, 15) is 32.3 Å². The number of Topliss-reactive ketones (excluding diaryl/α,β-unsaturated/α-hetero) is 1. The largest absolute Gasteiger partial charge is 0.496 e. The quantitative estimate of drug-likeness (QED) is 0.314. The molecule has 4 atom stereocenters. The normalized spacial score (nSPS) is 21.0. The molecule has 4 unspecified atom stereocenters. The Morgan fingerprint density at radius 2 is 1.90 bits per heavy atom. The second-order valence-corrected chi connectivity index (χ2v) is 10.4. The van der Waals surface area contributed by atoms with Crippen molar-refractivity contribution >= 4 is 34.4 Å². The third kappa shape index (κ3) is 5.50. The molecule has 0 saturated carbocycles. The lowest BCUT2D eigenvalue weighted by molar-refractivity contribution is -0.141. The Labute approximate surface area is 238 Å².